The maximum Gasteiger partial charge on any atom is 0.631 e. The second-order valence-electron chi connectivity index (χ2n) is 4.94. The SMILES string of the molecule is Cc1ccc([I+]c2ccc(C(C)C)cc2)cc1.OB(O)O. The summed E-state index contributed by atoms with van der Waals surface area (Å²) in [4.78, 5) is 0. The monoisotopic (exact) mass is 399 g/mol. The van der Waals surface area contributed by atoms with Crippen LogP contribution in [-0.2, 0) is 0 Å². The van der Waals surface area contributed by atoms with E-state index in [1.165, 1.54) is 18.3 Å². The Balaban J connectivity index is 0.000000491. The first-order valence-electron chi connectivity index (χ1n) is 6.74. The lowest BCUT2D eigenvalue weighted by atomic mass is 10.0. The average molecular weight is 399 g/mol. The summed E-state index contributed by atoms with van der Waals surface area (Å²) in [5.41, 5.74) is 2.77. The Bertz CT molecular complexity index is 521. The van der Waals surface area contributed by atoms with Crippen LogP contribution in [0.15, 0.2) is 48.5 Å². The molecule has 0 spiro atoms. The van der Waals surface area contributed by atoms with E-state index >= 15 is 0 Å². The summed E-state index contributed by atoms with van der Waals surface area (Å²) in [5, 5.41) is 21.5. The molecule has 0 bridgehead atoms. The van der Waals surface area contributed by atoms with E-state index in [2.05, 4.69) is 69.3 Å². The van der Waals surface area contributed by atoms with Crippen LogP contribution in [0.1, 0.15) is 30.9 Å². The van der Waals surface area contributed by atoms with Crippen molar-refractivity contribution in [3.8, 4) is 0 Å². The molecule has 0 radical (unpaired) electrons. The molecule has 0 aliphatic heterocycles. The van der Waals surface area contributed by atoms with Gasteiger partial charge in [0.05, 0.1) is 0 Å². The molecule has 0 amide bonds. The number of halogens is 1. The molecular weight excluding hydrogens is 378 g/mol. The zero-order valence-electron chi connectivity index (χ0n) is 12.5. The van der Waals surface area contributed by atoms with Gasteiger partial charge in [-0.3, -0.25) is 0 Å². The van der Waals surface area contributed by atoms with Gasteiger partial charge in [-0.05, 0) is 42.7 Å². The van der Waals surface area contributed by atoms with Gasteiger partial charge in [0.15, 0.2) is 7.14 Å². The van der Waals surface area contributed by atoms with Crippen LogP contribution in [0.4, 0.5) is 0 Å². The highest BCUT2D eigenvalue weighted by molar-refractivity contribution is 6.30. The fraction of sp³-hybridized carbons (Fsp3) is 0.250. The summed E-state index contributed by atoms with van der Waals surface area (Å²) in [6, 6.07) is 18.1. The summed E-state index contributed by atoms with van der Waals surface area (Å²) < 4.78 is 2.99. The molecule has 0 saturated heterocycles. The minimum Gasteiger partial charge on any atom is -0.402 e. The summed E-state index contributed by atoms with van der Waals surface area (Å²) >= 11 is -0.0167. The molecule has 0 aromatic heterocycles. The van der Waals surface area contributed by atoms with Gasteiger partial charge < -0.3 is 15.1 Å². The third kappa shape index (κ3) is 7.62. The Kier molecular flexibility index (Phi) is 7.96. The molecule has 0 fully saturated rings. The molecule has 0 atom stereocenters. The first-order valence-corrected chi connectivity index (χ1v) is 8.90. The van der Waals surface area contributed by atoms with Gasteiger partial charge in [0.25, 0.3) is 0 Å². The first kappa shape index (κ1) is 18.2. The van der Waals surface area contributed by atoms with Gasteiger partial charge in [-0.25, -0.2) is 0 Å². The molecule has 0 aliphatic rings. The lowest BCUT2D eigenvalue weighted by Crippen LogP contribution is -3.61. The second kappa shape index (κ2) is 9.20. The number of benzene rings is 2. The molecule has 3 nitrogen and oxygen atoms in total. The van der Waals surface area contributed by atoms with E-state index < -0.39 is 7.32 Å². The topological polar surface area (TPSA) is 60.7 Å². The van der Waals surface area contributed by atoms with E-state index in [1.54, 1.807) is 0 Å². The van der Waals surface area contributed by atoms with Crippen molar-refractivity contribution >= 4 is 7.32 Å². The van der Waals surface area contributed by atoms with E-state index in [0.717, 1.165) is 0 Å². The Morgan fingerprint density at radius 3 is 1.57 bits per heavy atom. The van der Waals surface area contributed by atoms with Crippen LogP contribution < -0.4 is 21.2 Å². The van der Waals surface area contributed by atoms with Crippen LogP contribution in [-0.4, -0.2) is 22.4 Å². The number of hydrogen-bond donors (Lipinski definition) is 3. The molecule has 2 aromatic rings. The Hall–Kier alpha value is -0.885. The van der Waals surface area contributed by atoms with Crippen LogP contribution in [0, 0.1) is 14.1 Å². The smallest absolute Gasteiger partial charge is 0.402 e. The number of aryl methyl sites for hydroxylation is 1. The third-order valence-corrected chi connectivity index (χ3v) is 5.45. The van der Waals surface area contributed by atoms with E-state index in [0.29, 0.717) is 5.92 Å². The van der Waals surface area contributed by atoms with Crippen molar-refractivity contribution < 1.29 is 36.3 Å². The highest BCUT2D eigenvalue weighted by Gasteiger charge is 2.14. The molecule has 2 rings (SSSR count). The van der Waals surface area contributed by atoms with Crippen molar-refractivity contribution in [2.24, 2.45) is 0 Å². The largest absolute Gasteiger partial charge is 0.631 e. The highest BCUT2D eigenvalue weighted by Crippen LogP contribution is 2.11. The van der Waals surface area contributed by atoms with Gasteiger partial charge in [-0.15, -0.1) is 0 Å². The maximum absolute atomic E-state index is 7.17. The molecule has 0 unspecified atom stereocenters. The second-order valence-corrected chi connectivity index (χ2v) is 7.97. The van der Waals surface area contributed by atoms with Gasteiger partial charge in [0.1, 0.15) is 0 Å². The van der Waals surface area contributed by atoms with Crippen molar-refractivity contribution in [1.82, 2.24) is 0 Å². The normalized spacial score (nSPS) is 10.0. The van der Waals surface area contributed by atoms with Gasteiger partial charge in [0.2, 0.25) is 0 Å². The lowest BCUT2D eigenvalue weighted by molar-refractivity contribution is -0.597. The summed E-state index contributed by atoms with van der Waals surface area (Å²) in [5.74, 6) is 0.627. The minimum absolute atomic E-state index is 0.0167. The van der Waals surface area contributed by atoms with Crippen LogP contribution in [0.2, 0.25) is 0 Å². The molecule has 3 N–H and O–H groups in total. The average Bonchev–Trinajstić information content (AvgIpc) is 2.41. The Morgan fingerprint density at radius 2 is 1.19 bits per heavy atom. The van der Waals surface area contributed by atoms with Crippen molar-refractivity contribution in [3.05, 3.63) is 66.8 Å². The van der Waals surface area contributed by atoms with Gasteiger partial charge in [-0.1, -0.05) is 43.7 Å². The number of rotatable bonds is 3. The lowest BCUT2D eigenvalue weighted by Gasteiger charge is -2.02. The van der Waals surface area contributed by atoms with Crippen LogP contribution >= 0.6 is 0 Å². The fourth-order valence-electron chi connectivity index (χ4n) is 1.63. The summed E-state index contributed by atoms with van der Waals surface area (Å²) in [7, 11) is -2.17. The predicted octanol–water partition coefficient (Wildman–Crippen LogP) is -0.805. The van der Waals surface area contributed by atoms with Crippen LogP contribution in [0.3, 0.4) is 0 Å². The highest BCUT2D eigenvalue weighted by atomic mass is 127. The predicted molar refractivity (Wildman–Crippen MR) is 81.5 cm³/mol. The van der Waals surface area contributed by atoms with Crippen LogP contribution in [0.25, 0.3) is 0 Å². The number of hydrogen-bond acceptors (Lipinski definition) is 3. The molecule has 0 saturated carbocycles. The molecule has 5 heteroatoms. The molecule has 2 aromatic carbocycles. The van der Waals surface area contributed by atoms with E-state index in [9.17, 15) is 0 Å². The van der Waals surface area contributed by atoms with Crippen molar-refractivity contribution in [3.63, 3.8) is 0 Å². The third-order valence-electron chi connectivity index (χ3n) is 2.77. The Morgan fingerprint density at radius 1 is 0.810 bits per heavy atom. The summed E-state index contributed by atoms with van der Waals surface area (Å²) in [6.07, 6.45) is 0. The quantitative estimate of drug-likeness (QED) is 0.468. The molecular formula is C16H21BIO3+. The van der Waals surface area contributed by atoms with Crippen molar-refractivity contribution in [2.45, 2.75) is 26.7 Å². The van der Waals surface area contributed by atoms with Gasteiger partial charge in [-0.2, -0.15) is 0 Å². The molecule has 21 heavy (non-hydrogen) atoms. The summed E-state index contributed by atoms with van der Waals surface area (Å²) in [6.45, 7) is 6.62. The van der Waals surface area contributed by atoms with Crippen LogP contribution in [0.5, 0.6) is 0 Å². The van der Waals surface area contributed by atoms with E-state index in [1.807, 2.05) is 0 Å². The van der Waals surface area contributed by atoms with Crippen molar-refractivity contribution in [1.29, 1.82) is 0 Å². The maximum atomic E-state index is 7.17. The fourth-order valence-corrected chi connectivity index (χ4v) is 3.79. The zero-order valence-corrected chi connectivity index (χ0v) is 14.7. The van der Waals surface area contributed by atoms with E-state index in [-0.39, 0.29) is 21.2 Å². The molecule has 0 aliphatic carbocycles. The van der Waals surface area contributed by atoms with E-state index in [4.69, 9.17) is 15.1 Å². The zero-order chi connectivity index (χ0) is 15.8. The Labute approximate surface area is 137 Å². The van der Waals surface area contributed by atoms with Crippen molar-refractivity contribution in [2.75, 3.05) is 0 Å². The van der Waals surface area contributed by atoms with Gasteiger partial charge in [0, 0.05) is 0 Å². The molecule has 112 valence electrons. The van der Waals surface area contributed by atoms with Gasteiger partial charge >= 0.3 is 28.5 Å². The molecule has 0 heterocycles. The first-order chi connectivity index (χ1) is 9.88. The minimum atomic E-state index is -2.17. The standard InChI is InChI=1S/C16H18I.BH3O3/c1-12(2)14-6-10-16(11-7-14)17-15-8-4-13(3)5-9-15;2-1(3)4/h4-12H,1-3H3;2-4H/q+1;.